The van der Waals surface area contributed by atoms with Gasteiger partial charge in [0, 0.05) is 23.9 Å². The average molecular weight is 335 g/mol. The zero-order valence-electron chi connectivity index (χ0n) is 14.2. The van der Waals surface area contributed by atoms with Gasteiger partial charge in [0.15, 0.2) is 0 Å². The van der Waals surface area contributed by atoms with Crippen LogP contribution in [0.2, 0.25) is 0 Å². The van der Waals surface area contributed by atoms with Gasteiger partial charge < -0.3 is 15.4 Å². The Hall–Kier alpha value is -2.15. The van der Waals surface area contributed by atoms with Crippen LogP contribution >= 0.6 is 0 Å². The number of benzene rings is 1. The summed E-state index contributed by atoms with van der Waals surface area (Å²) < 4.78 is 5.83. The van der Waals surface area contributed by atoms with E-state index in [1.165, 1.54) is 25.3 Å². The number of nitro benzene ring substituents is 1. The van der Waals surface area contributed by atoms with Gasteiger partial charge in [-0.05, 0) is 31.7 Å². The van der Waals surface area contributed by atoms with Gasteiger partial charge in [-0.1, -0.05) is 25.8 Å². The summed E-state index contributed by atoms with van der Waals surface area (Å²) in [7, 11) is 0. The molecular weight excluding hydrogens is 310 g/mol. The Bertz CT molecular complexity index is 591. The lowest BCUT2D eigenvalue weighted by molar-refractivity contribution is -0.385. The summed E-state index contributed by atoms with van der Waals surface area (Å²) in [4.78, 5) is 22.3. The van der Waals surface area contributed by atoms with Gasteiger partial charge in [-0.15, -0.1) is 0 Å². The number of hydrogen-bond donors (Lipinski definition) is 2. The van der Waals surface area contributed by atoms with Crippen LogP contribution in [0.25, 0.3) is 0 Å². The lowest BCUT2D eigenvalue weighted by atomic mass is 9.88. The molecule has 0 heterocycles. The van der Waals surface area contributed by atoms with E-state index in [1.54, 1.807) is 19.1 Å². The van der Waals surface area contributed by atoms with E-state index < -0.39 is 11.0 Å². The zero-order chi connectivity index (χ0) is 17.5. The minimum absolute atomic E-state index is 0.0116. The lowest BCUT2D eigenvalue weighted by Gasteiger charge is -2.28. The number of urea groups is 1. The molecule has 1 fully saturated rings. The van der Waals surface area contributed by atoms with Crippen molar-refractivity contribution >= 4 is 17.4 Å². The molecule has 0 spiro atoms. The number of hydrogen-bond acceptors (Lipinski definition) is 4. The first-order valence-electron chi connectivity index (χ1n) is 8.39. The highest BCUT2D eigenvalue weighted by atomic mass is 16.6. The molecule has 0 bridgehead atoms. The minimum Gasteiger partial charge on any atom is -0.376 e. The van der Waals surface area contributed by atoms with Crippen molar-refractivity contribution in [2.24, 2.45) is 5.92 Å². The molecule has 0 aromatic heterocycles. The Labute approximate surface area is 141 Å². The predicted octanol–water partition coefficient (Wildman–Crippen LogP) is 3.62. The van der Waals surface area contributed by atoms with Crippen molar-refractivity contribution in [1.82, 2.24) is 5.32 Å². The van der Waals surface area contributed by atoms with Gasteiger partial charge in [-0.25, -0.2) is 4.79 Å². The molecule has 2 atom stereocenters. The number of anilines is 1. The van der Waals surface area contributed by atoms with E-state index in [-0.39, 0.29) is 11.8 Å². The maximum atomic E-state index is 11.8. The van der Waals surface area contributed by atoms with Crippen LogP contribution in [0.3, 0.4) is 0 Å². The fraction of sp³-hybridized carbons (Fsp3) is 0.588. The van der Waals surface area contributed by atoms with Crippen molar-refractivity contribution in [3.63, 3.8) is 0 Å². The van der Waals surface area contributed by atoms with Crippen molar-refractivity contribution in [3.05, 3.63) is 33.9 Å². The molecule has 7 nitrogen and oxygen atoms in total. The number of aryl methyl sites for hydroxylation is 1. The van der Waals surface area contributed by atoms with Crippen LogP contribution in [-0.2, 0) is 4.74 Å². The molecule has 1 aromatic carbocycles. The number of carbonyl (C=O) groups is 1. The van der Waals surface area contributed by atoms with Crippen LogP contribution in [0.4, 0.5) is 16.2 Å². The van der Waals surface area contributed by atoms with E-state index in [4.69, 9.17) is 4.74 Å². The summed E-state index contributed by atoms with van der Waals surface area (Å²) in [5, 5.41) is 16.2. The molecule has 24 heavy (non-hydrogen) atoms. The Balaban J connectivity index is 1.73. The molecule has 0 radical (unpaired) electrons. The van der Waals surface area contributed by atoms with Crippen LogP contribution < -0.4 is 10.6 Å². The highest BCUT2D eigenvalue weighted by Gasteiger charge is 2.21. The molecule has 132 valence electrons. The highest BCUT2D eigenvalue weighted by molar-refractivity contribution is 5.89. The monoisotopic (exact) mass is 335 g/mol. The molecule has 1 aromatic rings. The maximum absolute atomic E-state index is 11.8. The second-order valence-electron chi connectivity index (χ2n) is 6.31. The fourth-order valence-corrected chi connectivity index (χ4v) is 2.96. The first-order valence-corrected chi connectivity index (χ1v) is 8.39. The van der Waals surface area contributed by atoms with E-state index in [1.807, 2.05) is 0 Å². The van der Waals surface area contributed by atoms with Crippen molar-refractivity contribution in [2.75, 3.05) is 18.5 Å². The number of nitrogens with zero attached hydrogens (tertiary/aromatic N) is 1. The third-order valence-electron chi connectivity index (χ3n) is 4.42. The zero-order valence-corrected chi connectivity index (χ0v) is 14.2. The Morgan fingerprint density at radius 3 is 2.83 bits per heavy atom. The second kappa shape index (κ2) is 8.63. The molecule has 2 amide bonds. The number of nitrogens with one attached hydrogen (secondary N) is 2. The normalized spacial score (nSPS) is 20.4. The lowest BCUT2D eigenvalue weighted by Crippen LogP contribution is -2.34. The van der Waals surface area contributed by atoms with E-state index >= 15 is 0 Å². The topological polar surface area (TPSA) is 93.5 Å². The van der Waals surface area contributed by atoms with Gasteiger partial charge in [0.25, 0.3) is 5.69 Å². The third-order valence-corrected chi connectivity index (χ3v) is 4.42. The molecule has 1 aliphatic rings. The first kappa shape index (κ1) is 18.2. The molecular formula is C17H25N3O4. The summed E-state index contributed by atoms with van der Waals surface area (Å²) in [6, 6.07) is 4.21. The molecule has 0 unspecified atom stereocenters. The maximum Gasteiger partial charge on any atom is 0.319 e. The highest BCUT2D eigenvalue weighted by Crippen LogP contribution is 2.26. The third kappa shape index (κ3) is 5.19. The minimum atomic E-state index is -0.461. The molecule has 2 rings (SSSR count). The summed E-state index contributed by atoms with van der Waals surface area (Å²) in [5.74, 6) is 0.570. The van der Waals surface area contributed by atoms with Crippen LogP contribution in [0.15, 0.2) is 18.2 Å². The molecule has 1 aliphatic carbocycles. The summed E-state index contributed by atoms with van der Waals surface area (Å²) >= 11 is 0. The SMILES string of the molecule is Cc1ccc(NC(=O)NCCO[C@H]2CCCC[C@@H]2C)cc1[N+](=O)[O-]. The van der Waals surface area contributed by atoms with Crippen LogP contribution in [0.5, 0.6) is 0 Å². The quantitative estimate of drug-likeness (QED) is 0.472. The standard InChI is InChI=1S/C17H25N3O4/c1-12-7-8-14(11-15(12)20(22)23)19-17(21)18-9-10-24-16-6-4-3-5-13(16)2/h7-8,11,13,16H,3-6,9-10H2,1-2H3,(H2,18,19,21)/t13-,16-/m0/s1. The van der Waals surface area contributed by atoms with Gasteiger partial charge in [0.2, 0.25) is 0 Å². The number of ether oxygens (including phenoxy) is 1. The number of carbonyl (C=O) groups excluding carboxylic acids is 1. The van der Waals surface area contributed by atoms with Crippen molar-refractivity contribution in [3.8, 4) is 0 Å². The molecule has 0 saturated heterocycles. The summed E-state index contributed by atoms with van der Waals surface area (Å²) in [6.07, 6.45) is 5.04. The average Bonchev–Trinajstić information content (AvgIpc) is 2.54. The molecule has 7 heteroatoms. The number of nitro groups is 1. The summed E-state index contributed by atoms with van der Waals surface area (Å²) in [5.41, 5.74) is 0.940. The molecule has 0 aliphatic heterocycles. The van der Waals surface area contributed by atoms with E-state index in [0.29, 0.717) is 30.3 Å². The Morgan fingerprint density at radius 2 is 2.12 bits per heavy atom. The number of amides is 2. The van der Waals surface area contributed by atoms with E-state index in [2.05, 4.69) is 17.6 Å². The van der Waals surface area contributed by atoms with E-state index in [9.17, 15) is 14.9 Å². The largest absolute Gasteiger partial charge is 0.376 e. The molecule has 1 saturated carbocycles. The van der Waals surface area contributed by atoms with Crippen LogP contribution in [0.1, 0.15) is 38.2 Å². The molecule has 2 N–H and O–H groups in total. The van der Waals surface area contributed by atoms with Gasteiger partial charge in [0.1, 0.15) is 0 Å². The van der Waals surface area contributed by atoms with Gasteiger partial charge in [0.05, 0.1) is 17.6 Å². The van der Waals surface area contributed by atoms with Crippen molar-refractivity contribution < 1.29 is 14.5 Å². The van der Waals surface area contributed by atoms with Gasteiger partial charge in [-0.2, -0.15) is 0 Å². The second-order valence-corrected chi connectivity index (χ2v) is 6.31. The van der Waals surface area contributed by atoms with Crippen LogP contribution in [0, 0.1) is 23.0 Å². The van der Waals surface area contributed by atoms with Crippen molar-refractivity contribution in [1.29, 1.82) is 0 Å². The van der Waals surface area contributed by atoms with E-state index in [0.717, 1.165) is 6.42 Å². The predicted molar refractivity (Wildman–Crippen MR) is 92.2 cm³/mol. The summed E-state index contributed by atoms with van der Waals surface area (Å²) in [6.45, 7) is 4.74. The van der Waals surface area contributed by atoms with Gasteiger partial charge >= 0.3 is 6.03 Å². The Kier molecular flexibility index (Phi) is 6.54. The Morgan fingerprint density at radius 1 is 1.38 bits per heavy atom. The fourth-order valence-electron chi connectivity index (χ4n) is 2.96. The van der Waals surface area contributed by atoms with Crippen molar-refractivity contribution in [2.45, 2.75) is 45.6 Å². The smallest absolute Gasteiger partial charge is 0.319 e. The van der Waals surface area contributed by atoms with Crippen LogP contribution in [-0.4, -0.2) is 30.2 Å². The number of rotatable bonds is 6. The first-order chi connectivity index (χ1) is 11.5. The van der Waals surface area contributed by atoms with Gasteiger partial charge in [-0.3, -0.25) is 10.1 Å².